The highest BCUT2D eigenvalue weighted by Gasteiger charge is 2.12. The molecular formula is C23H48BrO4P. The van der Waals surface area contributed by atoms with Crippen LogP contribution in [0, 0.1) is 0 Å². The Bertz CT molecular complexity index is 363. The number of rotatable bonds is 24. The molecule has 0 heterocycles. The first-order valence-corrected chi connectivity index (χ1v) is 15.0. The molecule has 0 aromatic heterocycles. The van der Waals surface area contributed by atoms with Crippen molar-refractivity contribution >= 4 is 23.8 Å². The van der Waals surface area contributed by atoms with E-state index in [2.05, 4.69) is 20.5 Å². The Morgan fingerprint density at radius 3 is 0.966 bits per heavy atom. The minimum absolute atomic E-state index is 0.169. The van der Waals surface area contributed by atoms with Crippen LogP contribution >= 0.6 is 23.8 Å². The van der Waals surface area contributed by atoms with E-state index in [4.69, 9.17) is 9.79 Å². The normalized spacial score (nSPS) is 12.0. The lowest BCUT2D eigenvalue weighted by Gasteiger charge is -2.05. The van der Waals surface area contributed by atoms with Crippen LogP contribution in [0.4, 0.5) is 0 Å². The lowest BCUT2D eigenvalue weighted by molar-refractivity contribution is 0.193. The molecule has 0 unspecified atom stereocenters. The van der Waals surface area contributed by atoms with Crippen molar-refractivity contribution in [2.75, 3.05) is 11.9 Å². The van der Waals surface area contributed by atoms with E-state index in [-0.39, 0.29) is 6.61 Å². The number of hydrogen-bond acceptors (Lipinski definition) is 2. The van der Waals surface area contributed by atoms with Gasteiger partial charge in [0.05, 0.1) is 6.61 Å². The second-order valence-electron chi connectivity index (χ2n) is 8.44. The molecule has 4 nitrogen and oxygen atoms in total. The Balaban J connectivity index is 3.02. The third-order valence-electron chi connectivity index (χ3n) is 5.54. The van der Waals surface area contributed by atoms with Crippen molar-refractivity contribution in [3.8, 4) is 0 Å². The molecule has 0 aliphatic rings. The van der Waals surface area contributed by atoms with Gasteiger partial charge in [-0.25, -0.2) is 4.57 Å². The van der Waals surface area contributed by atoms with Gasteiger partial charge < -0.3 is 9.79 Å². The monoisotopic (exact) mass is 498 g/mol. The van der Waals surface area contributed by atoms with Gasteiger partial charge in [-0.05, 0) is 12.8 Å². The second kappa shape index (κ2) is 23.3. The van der Waals surface area contributed by atoms with Crippen molar-refractivity contribution in [2.45, 2.75) is 135 Å². The third-order valence-corrected chi connectivity index (χ3v) is 6.62. The number of halogens is 1. The summed E-state index contributed by atoms with van der Waals surface area (Å²) in [5.74, 6) is 0. The van der Waals surface area contributed by atoms with Gasteiger partial charge in [0.2, 0.25) is 0 Å². The van der Waals surface area contributed by atoms with Crippen molar-refractivity contribution in [1.82, 2.24) is 0 Å². The Labute approximate surface area is 189 Å². The van der Waals surface area contributed by atoms with Crippen LogP contribution in [0.1, 0.15) is 135 Å². The first-order chi connectivity index (χ1) is 14.1. The highest BCUT2D eigenvalue weighted by Crippen LogP contribution is 2.35. The summed E-state index contributed by atoms with van der Waals surface area (Å²) in [4.78, 5) is 17.2. The lowest BCUT2D eigenvalue weighted by atomic mass is 10.0. The first-order valence-electron chi connectivity index (χ1n) is 12.3. The standard InChI is InChI=1S/C23H48BrO4P/c24-22-20-18-16-14-12-10-8-6-4-2-1-3-5-7-9-11-13-15-17-19-21-23-28-29(25,26)27/h1-23H2,(H2,25,26,27). The largest absolute Gasteiger partial charge is 0.469 e. The predicted molar refractivity (Wildman–Crippen MR) is 129 cm³/mol. The van der Waals surface area contributed by atoms with Gasteiger partial charge in [-0.1, -0.05) is 138 Å². The van der Waals surface area contributed by atoms with E-state index in [9.17, 15) is 4.57 Å². The smallest absolute Gasteiger partial charge is 0.303 e. The number of hydrogen-bond donors (Lipinski definition) is 2. The van der Waals surface area contributed by atoms with E-state index >= 15 is 0 Å². The van der Waals surface area contributed by atoms with E-state index in [0.29, 0.717) is 0 Å². The minimum atomic E-state index is -4.26. The summed E-state index contributed by atoms with van der Waals surface area (Å²) in [5.41, 5.74) is 0. The van der Waals surface area contributed by atoms with Gasteiger partial charge in [0.25, 0.3) is 0 Å². The Hall–Kier alpha value is 0.590. The number of unbranched alkanes of at least 4 members (excludes halogenated alkanes) is 20. The zero-order valence-corrected chi connectivity index (χ0v) is 21.3. The van der Waals surface area contributed by atoms with Crippen molar-refractivity contribution in [1.29, 1.82) is 0 Å². The fourth-order valence-corrected chi connectivity index (χ4v) is 4.50. The Kier molecular flexibility index (Phi) is 23.7. The topological polar surface area (TPSA) is 66.8 Å². The molecule has 29 heavy (non-hydrogen) atoms. The molecule has 0 radical (unpaired) electrons. The van der Waals surface area contributed by atoms with Crippen LogP contribution in [0.15, 0.2) is 0 Å². The average Bonchev–Trinajstić information content (AvgIpc) is 2.67. The molecule has 2 N–H and O–H groups in total. The van der Waals surface area contributed by atoms with E-state index in [1.807, 2.05) is 0 Å². The van der Waals surface area contributed by atoms with Crippen molar-refractivity contribution in [3.63, 3.8) is 0 Å². The van der Waals surface area contributed by atoms with Gasteiger partial charge in [-0.2, -0.15) is 0 Å². The highest BCUT2D eigenvalue weighted by atomic mass is 79.9. The lowest BCUT2D eigenvalue weighted by Crippen LogP contribution is -1.92. The fourth-order valence-electron chi connectivity index (χ4n) is 3.74. The zero-order chi connectivity index (χ0) is 21.5. The van der Waals surface area contributed by atoms with Gasteiger partial charge in [-0.3, -0.25) is 4.52 Å². The summed E-state index contributed by atoms with van der Waals surface area (Å²) in [5, 5.41) is 1.16. The molecule has 0 amide bonds. The molecule has 0 spiro atoms. The minimum Gasteiger partial charge on any atom is -0.303 e. The van der Waals surface area contributed by atoms with E-state index in [1.54, 1.807) is 0 Å². The fraction of sp³-hybridized carbons (Fsp3) is 1.00. The van der Waals surface area contributed by atoms with Crippen LogP contribution in [0.5, 0.6) is 0 Å². The predicted octanol–water partition coefficient (Wildman–Crippen LogP) is 8.68. The van der Waals surface area contributed by atoms with Crippen LogP contribution < -0.4 is 0 Å². The quantitative estimate of drug-likeness (QED) is 0.0792. The molecule has 0 aromatic rings. The molecule has 176 valence electrons. The van der Waals surface area contributed by atoms with Crippen LogP contribution in [0.25, 0.3) is 0 Å². The van der Waals surface area contributed by atoms with Crippen molar-refractivity contribution in [3.05, 3.63) is 0 Å². The van der Waals surface area contributed by atoms with Crippen LogP contribution in [0.3, 0.4) is 0 Å². The summed E-state index contributed by atoms with van der Waals surface area (Å²) in [6.07, 6.45) is 27.9. The van der Waals surface area contributed by atoms with Gasteiger partial charge in [-0.15, -0.1) is 0 Å². The maximum absolute atomic E-state index is 10.5. The number of phosphoric ester groups is 1. The summed E-state index contributed by atoms with van der Waals surface area (Å²) >= 11 is 3.49. The van der Waals surface area contributed by atoms with Crippen molar-refractivity contribution in [2.24, 2.45) is 0 Å². The molecule has 0 saturated heterocycles. The van der Waals surface area contributed by atoms with Crippen LogP contribution in [0.2, 0.25) is 0 Å². The molecule has 0 aromatic carbocycles. The Morgan fingerprint density at radius 1 is 0.483 bits per heavy atom. The van der Waals surface area contributed by atoms with Crippen molar-refractivity contribution < 1.29 is 18.9 Å². The molecule has 0 aliphatic carbocycles. The van der Waals surface area contributed by atoms with Gasteiger partial charge in [0.15, 0.2) is 0 Å². The summed E-state index contributed by atoms with van der Waals surface area (Å²) in [7, 11) is -4.26. The van der Waals surface area contributed by atoms with Crippen LogP contribution in [-0.2, 0) is 9.09 Å². The zero-order valence-electron chi connectivity index (χ0n) is 18.8. The molecule has 0 atom stereocenters. The molecule has 0 rings (SSSR count). The van der Waals surface area contributed by atoms with E-state index in [1.165, 1.54) is 116 Å². The Morgan fingerprint density at radius 2 is 0.724 bits per heavy atom. The maximum Gasteiger partial charge on any atom is 0.469 e. The molecule has 0 bridgehead atoms. The molecule has 0 aliphatic heterocycles. The van der Waals surface area contributed by atoms with Gasteiger partial charge in [0, 0.05) is 5.33 Å². The molecular weight excluding hydrogens is 451 g/mol. The average molecular weight is 500 g/mol. The van der Waals surface area contributed by atoms with Crippen LogP contribution in [-0.4, -0.2) is 21.7 Å². The summed E-state index contributed by atoms with van der Waals surface area (Å²) < 4.78 is 15.0. The highest BCUT2D eigenvalue weighted by molar-refractivity contribution is 9.09. The van der Waals surface area contributed by atoms with E-state index < -0.39 is 7.82 Å². The maximum atomic E-state index is 10.5. The first kappa shape index (κ1) is 29.6. The summed E-state index contributed by atoms with van der Waals surface area (Å²) in [6.45, 7) is 0.169. The SMILES string of the molecule is O=P(O)(O)OCCCCCCCCCCCCCCCCCCCCCCCBr. The second-order valence-corrected chi connectivity index (χ2v) is 10.5. The van der Waals surface area contributed by atoms with E-state index in [0.717, 1.165) is 24.6 Å². The third kappa shape index (κ3) is 28.6. The van der Waals surface area contributed by atoms with Gasteiger partial charge >= 0.3 is 7.82 Å². The van der Waals surface area contributed by atoms with Gasteiger partial charge in [0.1, 0.15) is 0 Å². The number of phosphoric acid groups is 1. The molecule has 6 heteroatoms. The summed E-state index contributed by atoms with van der Waals surface area (Å²) in [6, 6.07) is 0. The molecule has 0 fully saturated rings. The number of alkyl halides is 1. The molecule has 0 saturated carbocycles.